The van der Waals surface area contributed by atoms with E-state index in [1.165, 1.54) is 17.7 Å². The van der Waals surface area contributed by atoms with Gasteiger partial charge in [0, 0.05) is 31.0 Å². The van der Waals surface area contributed by atoms with Gasteiger partial charge in [0.05, 0.1) is 0 Å². The van der Waals surface area contributed by atoms with Crippen LogP contribution in [-0.2, 0) is 9.59 Å². The maximum atomic E-state index is 11.9. The Balaban J connectivity index is 1.76. The number of Topliss-reactive ketones (excluding diaryl/α,β-unsaturated/α-hetero) is 1. The van der Waals surface area contributed by atoms with Crippen LogP contribution in [0.2, 0.25) is 0 Å². The molecule has 0 aromatic rings. The number of carbonyl (C=O) groups is 2. The molecular formula is C15H21NO2. The van der Waals surface area contributed by atoms with Crippen molar-refractivity contribution >= 4 is 11.7 Å². The average molecular weight is 247 g/mol. The first kappa shape index (κ1) is 11.9. The summed E-state index contributed by atoms with van der Waals surface area (Å²) in [4.78, 5) is 25.6. The highest BCUT2D eigenvalue weighted by Crippen LogP contribution is 2.37. The van der Waals surface area contributed by atoms with E-state index >= 15 is 0 Å². The minimum absolute atomic E-state index is 0.247. The van der Waals surface area contributed by atoms with Crippen LogP contribution < -0.4 is 0 Å². The maximum absolute atomic E-state index is 11.9. The van der Waals surface area contributed by atoms with E-state index in [4.69, 9.17) is 0 Å². The number of hydrogen-bond donors (Lipinski definition) is 0. The van der Waals surface area contributed by atoms with E-state index in [9.17, 15) is 9.59 Å². The van der Waals surface area contributed by atoms with E-state index in [1.54, 1.807) is 0 Å². The number of nitrogens with zero attached hydrogens (tertiary/aromatic N) is 1. The third-order valence-electron chi connectivity index (χ3n) is 4.64. The molecule has 0 aromatic carbocycles. The summed E-state index contributed by atoms with van der Waals surface area (Å²) in [5.41, 5.74) is 2.68. The van der Waals surface area contributed by atoms with Gasteiger partial charge in [0.15, 0.2) is 0 Å². The number of amides is 1. The Bertz CT molecular complexity index is 411. The number of ketones is 1. The van der Waals surface area contributed by atoms with Crippen LogP contribution in [0, 0.1) is 5.92 Å². The predicted molar refractivity (Wildman–Crippen MR) is 68.8 cm³/mol. The summed E-state index contributed by atoms with van der Waals surface area (Å²) >= 11 is 0. The quantitative estimate of drug-likeness (QED) is 0.752. The fourth-order valence-electron chi connectivity index (χ4n) is 3.66. The highest BCUT2D eigenvalue weighted by molar-refractivity contribution is 5.83. The van der Waals surface area contributed by atoms with Gasteiger partial charge in [-0.25, -0.2) is 0 Å². The minimum Gasteiger partial charge on any atom is -0.316 e. The first-order chi connectivity index (χ1) is 8.75. The molecule has 18 heavy (non-hydrogen) atoms. The summed E-state index contributed by atoms with van der Waals surface area (Å²) in [6, 6.07) is 0. The van der Waals surface area contributed by atoms with E-state index in [1.807, 2.05) is 4.90 Å². The minimum atomic E-state index is 0.247. The zero-order valence-corrected chi connectivity index (χ0v) is 10.9. The smallest absolute Gasteiger partial charge is 0.227 e. The molecule has 0 N–H and O–H groups in total. The molecule has 1 aliphatic carbocycles. The van der Waals surface area contributed by atoms with Crippen LogP contribution in [0.5, 0.6) is 0 Å². The van der Waals surface area contributed by atoms with E-state index in [-0.39, 0.29) is 11.8 Å². The lowest BCUT2D eigenvalue weighted by molar-refractivity contribution is -0.127. The van der Waals surface area contributed by atoms with Crippen LogP contribution in [0.1, 0.15) is 57.8 Å². The average Bonchev–Trinajstić information content (AvgIpc) is 2.76. The van der Waals surface area contributed by atoms with Gasteiger partial charge < -0.3 is 4.90 Å². The lowest BCUT2D eigenvalue weighted by Gasteiger charge is -2.29. The van der Waals surface area contributed by atoms with E-state index in [2.05, 4.69) is 0 Å². The topological polar surface area (TPSA) is 37.4 Å². The first-order valence-electron chi connectivity index (χ1n) is 7.29. The van der Waals surface area contributed by atoms with Crippen LogP contribution in [0.4, 0.5) is 0 Å². The Morgan fingerprint density at radius 1 is 1.00 bits per heavy atom. The molecule has 1 saturated carbocycles. The van der Waals surface area contributed by atoms with Crippen LogP contribution in [0.3, 0.4) is 0 Å². The summed E-state index contributed by atoms with van der Waals surface area (Å²) in [5, 5.41) is 0. The third kappa shape index (κ3) is 2.11. The first-order valence-corrected chi connectivity index (χ1v) is 7.29. The maximum Gasteiger partial charge on any atom is 0.227 e. The molecule has 1 atom stereocenters. The van der Waals surface area contributed by atoms with Gasteiger partial charge in [-0.1, -0.05) is 6.42 Å². The third-order valence-corrected chi connectivity index (χ3v) is 4.64. The van der Waals surface area contributed by atoms with Crippen LogP contribution in [0.15, 0.2) is 11.3 Å². The summed E-state index contributed by atoms with van der Waals surface area (Å²) in [7, 11) is 0. The number of fused-ring (bicyclic) bond motifs is 1. The molecule has 2 heterocycles. The van der Waals surface area contributed by atoms with Crippen molar-refractivity contribution in [2.75, 3.05) is 6.54 Å². The number of allylic oxidation sites excluding steroid dienone is 2. The van der Waals surface area contributed by atoms with Crippen molar-refractivity contribution < 1.29 is 9.59 Å². The van der Waals surface area contributed by atoms with Crippen molar-refractivity contribution in [3.05, 3.63) is 11.3 Å². The standard InChI is InChI=1S/C15H21NO2/c17-14-6-2-1-4-12(14)10-11-5-3-9-16-13(11)7-8-15(16)18/h12H,1-10H2. The van der Waals surface area contributed by atoms with Gasteiger partial charge in [-0.2, -0.15) is 0 Å². The monoisotopic (exact) mass is 247 g/mol. The van der Waals surface area contributed by atoms with E-state index < -0.39 is 0 Å². The van der Waals surface area contributed by atoms with Crippen molar-refractivity contribution in [2.45, 2.75) is 57.8 Å². The molecule has 3 nitrogen and oxygen atoms in total. The van der Waals surface area contributed by atoms with Gasteiger partial charge in [0.1, 0.15) is 5.78 Å². The van der Waals surface area contributed by atoms with Gasteiger partial charge in [0.25, 0.3) is 0 Å². The van der Waals surface area contributed by atoms with Crippen molar-refractivity contribution in [1.82, 2.24) is 4.90 Å². The Hall–Kier alpha value is -1.12. The Morgan fingerprint density at radius 3 is 2.72 bits per heavy atom. The van der Waals surface area contributed by atoms with Crippen LogP contribution in [-0.4, -0.2) is 23.1 Å². The van der Waals surface area contributed by atoms with Gasteiger partial charge in [-0.15, -0.1) is 0 Å². The molecule has 0 bridgehead atoms. The Morgan fingerprint density at radius 2 is 1.89 bits per heavy atom. The SMILES string of the molecule is O=C1CCCCC1CC1=C2CCC(=O)N2CCC1. The summed E-state index contributed by atoms with van der Waals surface area (Å²) in [6.45, 7) is 0.899. The molecule has 3 aliphatic rings. The molecule has 0 spiro atoms. The molecule has 0 aromatic heterocycles. The van der Waals surface area contributed by atoms with Crippen molar-refractivity contribution in [3.63, 3.8) is 0 Å². The molecule has 1 saturated heterocycles. The Labute approximate surface area is 108 Å². The summed E-state index contributed by atoms with van der Waals surface area (Å²) in [5.74, 6) is 0.991. The molecule has 0 radical (unpaired) electrons. The molecule has 2 aliphatic heterocycles. The van der Waals surface area contributed by atoms with Gasteiger partial charge in [0.2, 0.25) is 5.91 Å². The fourth-order valence-corrected chi connectivity index (χ4v) is 3.66. The highest BCUT2D eigenvalue weighted by Gasteiger charge is 2.32. The molecule has 2 fully saturated rings. The van der Waals surface area contributed by atoms with Crippen molar-refractivity contribution in [2.24, 2.45) is 5.92 Å². The highest BCUT2D eigenvalue weighted by atomic mass is 16.2. The van der Waals surface area contributed by atoms with Crippen LogP contribution in [0.25, 0.3) is 0 Å². The Kier molecular flexibility index (Phi) is 3.23. The van der Waals surface area contributed by atoms with Gasteiger partial charge in [-0.05, 0) is 44.1 Å². The number of carbonyl (C=O) groups excluding carboxylic acids is 2. The van der Waals surface area contributed by atoms with Crippen LogP contribution >= 0.6 is 0 Å². The summed E-state index contributed by atoms with van der Waals surface area (Å²) < 4.78 is 0. The summed E-state index contributed by atoms with van der Waals surface area (Å²) in [6.07, 6.45) is 8.80. The molecule has 98 valence electrons. The molecular weight excluding hydrogens is 226 g/mol. The predicted octanol–water partition coefficient (Wildman–Crippen LogP) is 2.81. The lowest BCUT2D eigenvalue weighted by atomic mass is 9.81. The van der Waals surface area contributed by atoms with Gasteiger partial charge >= 0.3 is 0 Å². The number of rotatable bonds is 2. The molecule has 3 heteroatoms. The second kappa shape index (κ2) is 4.87. The van der Waals surface area contributed by atoms with Gasteiger partial charge in [-0.3, -0.25) is 9.59 Å². The second-order valence-electron chi connectivity index (χ2n) is 5.81. The van der Waals surface area contributed by atoms with Crippen molar-refractivity contribution in [3.8, 4) is 0 Å². The zero-order chi connectivity index (χ0) is 12.5. The lowest BCUT2D eigenvalue weighted by Crippen LogP contribution is -2.29. The fraction of sp³-hybridized carbons (Fsp3) is 0.733. The van der Waals surface area contributed by atoms with E-state index in [0.29, 0.717) is 12.2 Å². The second-order valence-corrected chi connectivity index (χ2v) is 5.81. The number of hydrogen-bond acceptors (Lipinski definition) is 2. The van der Waals surface area contributed by atoms with Crippen molar-refractivity contribution in [1.29, 1.82) is 0 Å². The molecule has 1 amide bonds. The largest absolute Gasteiger partial charge is 0.316 e. The normalized spacial score (nSPS) is 28.9. The zero-order valence-electron chi connectivity index (χ0n) is 10.9. The molecule has 1 unspecified atom stereocenters. The molecule has 3 rings (SSSR count). The van der Waals surface area contributed by atoms with E-state index in [0.717, 1.165) is 51.5 Å².